The maximum absolute atomic E-state index is 5.71. The van der Waals surface area contributed by atoms with Gasteiger partial charge < -0.3 is 4.74 Å². The van der Waals surface area contributed by atoms with Crippen molar-refractivity contribution in [3.8, 4) is 0 Å². The highest BCUT2D eigenvalue weighted by Crippen LogP contribution is 2.29. The Labute approximate surface area is 121 Å². The van der Waals surface area contributed by atoms with Crippen LogP contribution in [0, 0.1) is 0 Å². The number of methoxy groups -OCH3 is 1. The van der Waals surface area contributed by atoms with Gasteiger partial charge in [-0.25, -0.2) is 0 Å². The molecule has 1 atom stereocenters. The molecule has 0 saturated heterocycles. The second kappa shape index (κ2) is 7.20. The third-order valence-electron chi connectivity index (χ3n) is 3.74. The summed E-state index contributed by atoms with van der Waals surface area (Å²) in [6.45, 7) is 2.21. The van der Waals surface area contributed by atoms with Crippen molar-refractivity contribution in [2.45, 2.75) is 38.2 Å². The summed E-state index contributed by atoms with van der Waals surface area (Å²) >= 11 is 0. The van der Waals surface area contributed by atoms with Crippen molar-refractivity contribution < 1.29 is 4.74 Å². The number of aliphatic imine (C=N–C) groups is 1. The molecule has 0 saturated carbocycles. The highest BCUT2D eigenvalue weighted by molar-refractivity contribution is 5.80. The fourth-order valence-corrected chi connectivity index (χ4v) is 2.35. The number of hydrogen-bond acceptors (Lipinski definition) is 2. The lowest BCUT2D eigenvalue weighted by Gasteiger charge is -2.30. The molecule has 0 spiro atoms. The van der Waals surface area contributed by atoms with Gasteiger partial charge in [0.2, 0.25) is 0 Å². The highest BCUT2D eigenvalue weighted by Gasteiger charge is 2.26. The normalized spacial score (nSPS) is 22.2. The van der Waals surface area contributed by atoms with Gasteiger partial charge in [0.05, 0.1) is 11.3 Å². The van der Waals surface area contributed by atoms with Crippen LogP contribution in [0.2, 0.25) is 0 Å². The van der Waals surface area contributed by atoms with E-state index < -0.39 is 0 Å². The van der Waals surface area contributed by atoms with Crippen molar-refractivity contribution in [1.29, 1.82) is 0 Å². The average Bonchev–Trinajstić information content (AvgIpc) is 2.53. The molecular weight excluding hydrogens is 246 g/mol. The number of ether oxygens (including phenoxy) is 1. The van der Waals surface area contributed by atoms with Crippen LogP contribution in [0.1, 0.15) is 38.2 Å². The molecule has 0 aromatic heterocycles. The van der Waals surface area contributed by atoms with Gasteiger partial charge in [-0.1, -0.05) is 62.2 Å². The van der Waals surface area contributed by atoms with Crippen molar-refractivity contribution in [3.05, 3.63) is 59.8 Å². The summed E-state index contributed by atoms with van der Waals surface area (Å²) < 4.78 is 5.71. The van der Waals surface area contributed by atoms with E-state index in [1.807, 2.05) is 24.4 Å². The molecule has 0 heterocycles. The zero-order chi connectivity index (χ0) is 14.3. The smallest absolute Gasteiger partial charge is 0.0897 e. The molecule has 0 aliphatic heterocycles. The van der Waals surface area contributed by atoms with Crippen LogP contribution in [-0.2, 0) is 4.74 Å². The Balaban J connectivity index is 1.99. The molecule has 0 amide bonds. The predicted molar refractivity (Wildman–Crippen MR) is 85.1 cm³/mol. The average molecular weight is 269 g/mol. The molecule has 0 bridgehead atoms. The summed E-state index contributed by atoms with van der Waals surface area (Å²) in [6.07, 6.45) is 12.7. The minimum atomic E-state index is -0.123. The number of benzene rings is 1. The number of allylic oxidation sites excluding steroid dienone is 1. The van der Waals surface area contributed by atoms with E-state index in [-0.39, 0.29) is 5.60 Å². The van der Waals surface area contributed by atoms with Crippen molar-refractivity contribution in [2.24, 2.45) is 4.99 Å². The van der Waals surface area contributed by atoms with E-state index in [4.69, 9.17) is 4.74 Å². The van der Waals surface area contributed by atoms with Gasteiger partial charge in [-0.3, -0.25) is 4.99 Å². The fraction of sp³-hybridized carbons (Fsp3) is 0.389. The summed E-state index contributed by atoms with van der Waals surface area (Å²) in [5.74, 6) is 0. The first kappa shape index (κ1) is 14.7. The van der Waals surface area contributed by atoms with Crippen LogP contribution in [0.3, 0.4) is 0 Å². The van der Waals surface area contributed by atoms with Crippen LogP contribution in [0.5, 0.6) is 0 Å². The molecule has 1 aliphatic carbocycles. The first-order chi connectivity index (χ1) is 9.78. The molecule has 106 valence electrons. The van der Waals surface area contributed by atoms with E-state index in [0.29, 0.717) is 0 Å². The molecule has 0 radical (unpaired) electrons. The fourth-order valence-electron chi connectivity index (χ4n) is 2.35. The highest BCUT2D eigenvalue weighted by atomic mass is 16.5. The van der Waals surface area contributed by atoms with Crippen LogP contribution in [0.25, 0.3) is 0 Å². The molecule has 2 heteroatoms. The van der Waals surface area contributed by atoms with Gasteiger partial charge in [-0.15, -0.1) is 0 Å². The van der Waals surface area contributed by atoms with Gasteiger partial charge in [0.25, 0.3) is 0 Å². The molecule has 1 aromatic carbocycles. The van der Waals surface area contributed by atoms with Gasteiger partial charge in [-0.2, -0.15) is 0 Å². The minimum absolute atomic E-state index is 0.123. The van der Waals surface area contributed by atoms with E-state index in [9.17, 15) is 0 Å². The van der Waals surface area contributed by atoms with Gasteiger partial charge in [0.15, 0.2) is 0 Å². The second-order valence-electron chi connectivity index (χ2n) is 5.21. The Kier molecular flexibility index (Phi) is 5.31. The summed E-state index contributed by atoms with van der Waals surface area (Å²) in [4.78, 5) is 4.53. The van der Waals surface area contributed by atoms with Crippen LogP contribution >= 0.6 is 0 Å². The van der Waals surface area contributed by atoms with Gasteiger partial charge in [0.1, 0.15) is 0 Å². The van der Waals surface area contributed by atoms with E-state index in [1.54, 1.807) is 7.11 Å². The number of unbranched alkanes of at least 4 members (excludes halogenated alkanes) is 1. The molecule has 20 heavy (non-hydrogen) atoms. The Hall–Kier alpha value is -1.67. The summed E-state index contributed by atoms with van der Waals surface area (Å²) in [6, 6.07) is 10.2. The van der Waals surface area contributed by atoms with Crippen LogP contribution in [0.15, 0.2) is 59.2 Å². The first-order valence-corrected chi connectivity index (χ1v) is 7.32. The number of hydrogen-bond donors (Lipinski definition) is 0. The number of nitrogens with zero attached hydrogens (tertiary/aromatic N) is 1. The second-order valence-corrected chi connectivity index (χ2v) is 5.21. The minimum Gasteiger partial charge on any atom is -0.374 e. The van der Waals surface area contributed by atoms with Crippen LogP contribution < -0.4 is 0 Å². The van der Waals surface area contributed by atoms with Crippen molar-refractivity contribution in [2.75, 3.05) is 7.11 Å². The maximum atomic E-state index is 5.71. The van der Waals surface area contributed by atoms with Gasteiger partial charge >= 0.3 is 0 Å². The molecule has 1 unspecified atom stereocenters. The predicted octanol–water partition coefficient (Wildman–Crippen LogP) is 4.52. The van der Waals surface area contributed by atoms with Crippen molar-refractivity contribution in [3.63, 3.8) is 0 Å². The largest absolute Gasteiger partial charge is 0.374 e. The summed E-state index contributed by atoms with van der Waals surface area (Å²) in [5.41, 5.74) is 2.01. The number of rotatable bonds is 6. The van der Waals surface area contributed by atoms with Crippen molar-refractivity contribution in [1.82, 2.24) is 0 Å². The van der Waals surface area contributed by atoms with Crippen LogP contribution in [-0.4, -0.2) is 18.9 Å². The maximum Gasteiger partial charge on any atom is 0.0897 e. The SMILES string of the molecule is CCCCC1(OC)C=CC(N=Cc2ccccc2)=CC1. The van der Waals surface area contributed by atoms with Crippen molar-refractivity contribution >= 4 is 6.21 Å². The zero-order valence-electron chi connectivity index (χ0n) is 12.4. The first-order valence-electron chi connectivity index (χ1n) is 7.32. The topological polar surface area (TPSA) is 21.6 Å². The molecule has 2 rings (SSSR count). The monoisotopic (exact) mass is 269 g/mol. The molecule has 0 N–H and O–H groups in total. The Morgan fingerprint density at radius 1 is 1.30 bits per heavy atom. The molecule has 2 nitrogen and oxygen atoms in total. The quantitative estimate of drug-likeness (QED) is 0.695. The van der Waals surface area contributed by atoms with Crippen LogP contribution in [0.4, 0.5) is 0 Å². The zero-order valence-corrected chi connectivity index (χ0v) is 12.4. The Morgan fingerprint density at radius 2 is 2.10 bits per heavy atom. The Morgan fingerprint density at radius 3 is 2.70 bits per heavy atom. The molecular formula is C18H23NO. The molecule has 1 aliphatic rings. The molecule has 1 aromatic rings. The van der Waals surface area contributed by atoms with E-state index >= 15 is 0 Å². The standard InChI is InChI=1S/C18H23NO/c1-3-4-12-18(20-2)13-10-17(11-14-18)19-15-16-8-6-5-7-9-16/h5-11,13,15H,3-4,12,14H2,1-2H3. The lowest BCUT2D eigenvalue weighted by Crippen LogP contribution is -2.29. The van der Waals surface area contributed by atoms with Gasteiger partial charge in [-0.05, 0) is 18.1 Å². The molecule has 0 fully saturated rings. The third-order valence-corrected chi connectivity index (χ3v) is 3.74. The van der Waals surface area contributed by atoms with E-state index in [2.05, 4.69) is 42.3 Å². The van der Waals surface area contributed by atoms with E-state index in [0.717, 1.165) is 24.1 Å². The summed E-state index contributed by atoms with van der Waals surface area (Å²) in [7, 11) is 1.80. The lowest BCUT2D eigenvalue weighted by molar-refractivity contribution is 0.0245. The third kappa shape index (κ3) is 3.91. The van der Waals surface area contributed by atoms with Gasteiger partial charge in [0, 0.05) is 19.7 Å². The van der Waals surface area contributed by atoms with E-state index in [1.165, 1.54) is 12.8 Å². The lowest BCUT2D eigenvalue weighted by atomic mass is 9.89. The summed E-state index contributed by atoms with van der Waals surface area (Å²) in [5, 5.41) is 0. The Bertz CT molecular complexity index is 501.